The Bertz CT molecular complexity index is 1060. The molecule has 0 saturated carbocycles. The van der Waals surface area contributed by atoms with E-state index in [0.717, 1.165) is 25.6 Å². The molecule has 0 N–H and O–H groups in total. The zero-order valence-electron chi connectivity index (χ0n) is 15.8. The first-order valence-electron chi connectivity index (χ1n) is 9.22. The fourth-order valence-electron chi connectivity index (χ4n) is 3.68. The van der Waals surface area contributed by atoms with Crippen LogP contribution in [-0.4, -0.2) is 11.7 Å². The number of rotatable bonds is 5. The van der Waals surface area contributed by atoms with Gasteiger partial charge in [-0.2, -0.15) is 0 Å². The van der Waals surface area contributed by atoms with Crippen molar-refractivity contribution in [2.24, 2.45) is 0 Å². The summed E-state index contributed by atoms with van der Waals surface area (Å²) in [5.41, 5.74) is 6.01. The standard InChI is InChI=1S/C24H19Br2NO.Cr/c1-28-16-20-14-19-4-2-3-5-23(19)27(15-17-6-10-21(25)11-7-17)24(20)18-8-12-22(26)13-9-18;/h2-14,24H,15H2,1H3;. The summed E-state index contributed by atoms with van der Waals surface area (Å²) in [7, 11) is 1.71. The van der Waals surface area contributed by atoms with Crippen LogP contribution in [0.1, 0.15) is 22.7 Å². The van der Waals surface area contributed by atoms with E-state index in [9.17, 15) is 0 Å². The van der Waals surface area contributed by atoms with Crippen LogP contribution in [0, 0.1) is 0 Å². The minimum atomic E-state index is 0.0397. The van der Waals surface area contributed by atoms with E-state index in [1.54, 1.807) is 7.11 Å². The van der Waals surface area contributed by atoms with Gasteiger partial charge in [0.1, 0.15) is 0 Å². The van der Waals surface area contributed by atoms with Gasteiger partial charge in [-0.05, 0) is 0 Å². The van der Waals surface area contributed by atoms with E-state index in [4.69, 9.17) is 4.74 Å². The summed E-state index contributed by atoms with van der Waals surface area (Å²) in [6.07, 6.45) is 2.23. The number of nitrogens with zero attached hydrogens (tertiary/aromatic N) is 1. The van der Waals surface area contributed by atoms with Crippen molar-refractivity contribution in [2.75, 3.05) is 12.0 Å². The van der Waals surface area contributed by atoms with Gasteiger partial charge >= 0.3 is 197 Å². The molecule has 29 heavy (non-hydrogen) atoms. The molecular weight excluding hydrogens is 530 g/mol. The van der Waals surface area contributed by atoms with Gasteiger partial charge in [-0.25, -0.2) is 0 Å². The van der Waals surface area contributed by atoms with Crippen LogP contribution in [0.15, 0.2) is 87.3 Å². The van der Waals surface area contributed by atoms with Gasteiger partial charge in [-0.1, -0.05) is 0 Å². The molecule has 1 atom stereocenters. The second-order valence-corrected chi connectivity index (χ2v) is 9.27. The molecule has 1 aliphatic heterocycles. The van der Waals surface area contributed by atoms with E-state index in [1.165, 1.54) is 22.4 Å². The van der Waals surface area contributed by atoms with E-state index in [1.807, 2.05) is 0 Å². The molecule has 1 unspecified atom stereocenters. The monoisotopic (exact) mass is 547 g/mol. The number of fused-ring (bicyclic) bond motifs is 1. The van der Waals surface area contributed by atoms with Gasteiger partial charge in [0.05, 0.1) is 0 Å². The maximum absolute atomic E-state index is 5.65. The number of ether oxygens (including phenoxy) is 1. The summed E-state index contributed by atoms with van der Waals surface area (Å²) in [6.45, 7) is 0.791. The SMILES string of the molecule is CO[C](=[Cr])C1=Cc2ccccc2N(Cc2ccc(Br)cc2)C1c1ccc(Br)cc1. The third-order valence-electron chi connectivity index (χ3n) is 5.04. The Morgan fingerprint density at radius 1 is 0.931 bits per heavy atom. The number of anilines is 1. The molecule has 0 fully saturated rings. The van der Waals surface area contributed by atoms with Gasteiger partial charge in [0.2, 0.25) is 0 Å². The first-order chi connectivity index (χ1) is 14.1. The van der Waals surface area contributed by atoms with Crippen molar-refractivity contribution in [3.8, 4) is 0 Å². The van der Waals surface area contributed by atoms with Gasteiger partial charge in [0.25, 0.3) is 0 Å². The van der Waals surface area contributed by atoms with Crippen LogP contribution in [0.5, 0.6) is 0 Å². The second-order valence-electron chi connectivity index (χ2n) is 6.86. The summed E-state index contributed by atoms with van der Waals surface area (Å²) in [5, 5.41) is 0. The zero-order chi connectivity index (χ0) is 20.4. The van der Waals surface area contributed by atoms with E-state index in [-0.39, 0.29) is 6.04 Å². The number of methoxy groups -OCH3 is 1. The molecule has 3 aromatic rings. The molecule has 0 spiro atoms. The topological polar surface area (TPSA) is 12.5 Å². The van der Waals surface area contributed by atoms with Gasteiger partial charge in [-0.15, -0.1) is 0 Å². The first kappa shape index (κ1) is 20.8. The van der Waals surface area contributed by atoms with Crippen molar-refractivity contribution < 1.29 is 20.6 Å². The molecule has 2 nitrogen and oxygen atoms in total. The molecule has 4 rings (SSSR count). The van der Waals surface area contributed by atoms with Gasteiger partial charge in [0.15, 0.2) is 0 Å². The summed E-state index contributed by atoms with van der Waals surface area (Å²) < 4.78 is 8.62. The Hall–Kier alpha value is -1.48. The predicted molar refractivity (Wildman–Crippen MR) is 124 cm³/mol. The summed E-state index contributed by atoms with van der Waals surface area (Å²) in [5.74, 6) is 0. The molecule has 0 aromatic heterocycles. The van der Waals surface area contributed by atoms with Gasteiger partial charge in [0, 0.05) is 0 Å². The fourth-order valence-corrected chi connectivity index (χ4v) is 4.48. The van der Waals surface area contributed by atoms with Crippen molar-refractivity contribution in [3.05, 3.63) is 104 Å². The minimum absolute atomic E-state index is 0.0397. The predicted octanol–water partition coefficient (Wildman–Crippen LogP) is 6.68. The molecule has 1 aliphatic rings. The van der Waals surface area contributed by atoms with Crippen molar-refractivity contribution in [1.29, 1.82) is 0 Å². The molecule has 3 aromatic carbocycles. The molecule has 0 amide bonds. The third kappa shape index (κ3) is 4.50. The zero-order valence-corrected chi connectivity index (χ0v) is 20.3. The van der Waals surface area contributed by atoms with Gasteiger partial charge in [-0.3, -0.25) is 0 Å². The Morgan fingerprint density at radius 3 is 2.21 bits per heavy atom. The van der Waals surface area contributed by atoms with E-state index < -0.39 is 0 Å². The average molecular weight is 549 g/mol. The molecule has 0 radical (unpaired) electrons. The number of halogens is 2. The van der Waals surface area contributed by atoms with Crippen molar-refractivity contribution >= 4 is 48.2 Å². The van der Waals surface area contributed by atoms with Gasteiger partial charge < -0.3 is 0 Å². The number of hydrogen-bond acceptors (Lipinski definition) is 2. The molecule has 5 heteroatoms. The van der Waals surface area contributed by atoms with E-state index in [0.29, 0.717) is 0 Å². The van der Waals surface area contributed by atoms with Crippen LogP contribution in [0.4, 0.5) is 5.69 Å². The molecule has 0 saturated heterocycles. The maximum atomic E-state index is 5.65. The van der Waals surface area contributed by atoms with E-state index in [2.05, 4.69) is 131 Å². The Labute approximate surface area is 196 Å². The third-order valence-corrected chi connectivity index (χ3v) is 6.72. The number of para-hydroxylation sites is 1. The van der Waals surface area contributed by atoms with Crippen LogP contribution in [-0.2, 0) is 27.1 Å². The number of hydrogen-bond donors (Lipinski definition) is 0. The van der Waals surface area contributed by atoms with Crippen molar-refractivity contribution in [2.45, 2.75) is 12.6 Å². The van der Waals surface area contributed by atoms with Crippen LogP contribution >= 0.6 is 31.9 Å². The van der Waals surface area contributed by atoms with Crippen LogP contribution in [0.3, 0.4) is 0 Å². The van der Waals surface area contributed by atoms with Crippen LogP contribution in [0.25, 0.3) is 6.08 Å². The summed E-state index contributed by atoms with van der Waals surface area (Å²) in [4.78, 5) is 2.45. The Kier molecular flexibility index (Phi) is 6.54. The molecule has 146 valence electrons. The fraction of sp³-hybridized carbons (Fsp3) is 0.125. The molecule has 0 bridgehead atoms. The van der Waals surface area contributed by atoms with Crippen LogP contribution in [0.2, 0.25) is 0 Å². The first-order valence-corrected chi connectivity index (χ1v) is 11.4. The molecular formula is C24H19Br2CrNO. The number of benzene rings is 3. The quantitative estimate of drug-likeness (QED) is 0.352. The normalized spacial score (nSPS) is 15.6. The van der Waals surface area contributed by atoms with E-state index >= 15 is 0 Å². The summed E-state index contributed by atoms with van der Waals surface area (Å²) in [6, 6.07) is 25.6. The average Bonchev–Trinajstić information content (AvgIpc) is 2.75. The van der Waals surface area contributed by atoms with Crippen molar-refractivity contribution in [1.82, 2.24) is 0 Å². The Morgan fingerprint density at radius 2 is 1.55 bits per heavy atom. The summed E-state index contributed by atoms with van der Waals surface area (Å²) >= 11 is 10.2. The van der Waals surface area contributed by atoms with Crippen LogP contribution < -0.4 is 4.90 Å². The molecule has 1 heterocycles. The van der Waals surface area contributed by atoms with Crippen molar-refractivity contribution in [3.63, 3.8) is 0 Å². The Balaban J connectivity index is 1.86. The molecule has 0 aliphatic carbocycles. The second kappa shape index (κ2) is 9.12.